The average Bonchev–Trinajstić information content (AvgIpc) is 1.85. The van der Waals surface area contributed by atoms with Gasteiger partial charge in [-0.3, -0.25) is 0 Å². The van der Waals surface area contributed by atoms with Gasteiger partial charge in [-0.25, -0.2) is 0 Å². The minimum atomic E-state index is 0.272. The van der Waals surface area contributed by atoms with Gasteiger partial charge in [-0.15, -0.1) is 0 Å². The molecule has 0 fully saturated rings. The molecule has 0 atom stereocenters. The summed E-state index contributed by atoms with van der Waals surface area (Å²) in [6.07, 6.45) is 0. The third kappa shape index (κ3) is 7.66. The van der Waals surface area contributed by atoms with Gasteiger partial charge in [0.15, 0.2) is 7.17 Å². The van der Waals surface area contributed by atoms with E-state index < -0.39 is 0 Å². The Morgan fingerprint density at radius 1 is 1.55 bits per heavy atom. The minimum Gasteiger partial charge on any atom is -0.311 e. The van der Waals surface area contributed by atoms with E-state index in [1.54, 1.807) is 0 Å². The zero-order chi connectivity index (χ0) is 8.91. The van der Waals surface area contributed by atoms with Crippen LogP contribution in [-0.4, -0.2) is 33.7 Å². The first-order chi connectivity index (χ1) is 4.95. The Morgan fingerprint density at radius 3 is 2.45 bits per heavy atom. The second kappa shape index (κ2) is 4.60. The number of carbonyl (C=O) groups excluding carboxylic acids is 1. The molecule has 0 spiro atoms. The molecule has 0 unspecified atom stereocenters. The van der Waals surface area contributed by atoms with E-state index >= 15 is 0 Å². The fourth-order valence-corrected chi connectivity index (χ4v) is 0.702. The van der Waals surface area contributed by atoms with Crippen molar-refractivity contribution in [2.24, 2.45) is 5.41 Å². The molecule has 2 nitrogen and oxygen atoms in total. The summed E-state index contributed by atoms with van der Waals surface area (Å²) in [6, 6.07) is 0. The molecule has 0 aromatic rings. The number of hydrogen-bond acceptors (Lipinski definition) is 2. The van der Waals surface area contributed by atoms with Gasteiger partial charge < -0.3 is 10.1 Å². The highest BCUT2D eigenvalue weighted by molar-refractivity contribution is 7.08. The lowest BCUT2D eigenvalue weighted by molar-refractivity contribution is -0.111. The van der Waals surface area contributed by atoms with E-state index in [2.05, 4.69) is 26.1 Å². The monoisotopic (exact) mass is 153 g/mol. The normalized spacial score (nSPS) is 11.2. The first kappa shape index (κ1) is 10.8. The van der Waals surface area contributed by atoms with Crippen molar-refractivity contribution in [1.82, 2.24) is 5.32 Å². The van der Waals surface area contributed by atoms with Crippen LogP contribution >= 0.6 is 0 Å². The topological polar surface area (TPSA) is 29.1 Å². The Bertz CT molecular complexity index is 131. The van der Waals surface area contributed by atoms with Gasteiger partial charge in [-0.1, -0.05) is 20.8 Å². The van der Waals surface area contributed by atoms with Crippen LogP contribution in [0.25, 0.3) is 0 Å². The fourth-order valence-electron chi connectivity index (χ4n) is 0.702. The molecule has 0 aliphatic heterocycles. The molecule has 0 radical (unpaired) electrons. The molecule has 4 heteroatoms. The van der Waals surface area contributed by atoms with E-state index in [-0.39, 0.29) is 11.1 Å². The Balaban J connectivity index is 3.35. The maximum absolute atomic E-state index is 10.8. The quantitative estimate of drug-likeness (QED) is 0.532. The third-order valence-corrected chi connectivity index (χ3v) is 1.37. The molecule has 0 aliphatic carbocycles. The molecule has 0 aromatic carbocycles. The second-order valence-electron chi connectivity index (χ2n) is 4.06. The first-order valence-corrected chi connectivity index (χ1v) is 4.18. The molecule has 1 N–H and O–H groups in total. The van der Waals surface area contributed by atoms with Gasteiger partial charge in [-0.05, 0) is 5.41 Å². The van der Waals surface area contributed by atoms with Crippen molar-refractivity contribution < 1.29 is 4.79 Å². The van der Waals surface area contributed by atoms with Gasteiger partial charge in [0.05, 0.1) is 13.4 Å². The van der Waals surface area contributed by atoms with Crippen LogP contribution < -0.4 is 5.32 Å². The van der Waals surface area contributed by atoms with E-state index in [4.69, 9.17) is 0 Å². The third-order valence-electron chi connectivity index (χ3n) is 1.37. The van der Waals surface area contributed by atoms with Crippen LogP contribution in [-0.2, 0) is 4.79 Å². The van der Waals surface area contributed by atoms with Crippen LogP contribution in [0.1, 0.15) is 20.8 Å². The molecule has 0 heterocycles. The van der Waals surface area contributed by atoms with Crippen molar-refractivity contribution in [2.45, 2.75) is 20.8 Å². The highest BCUT2D eigenvalue weighted by atomic mass is 16.1. The summed E-state index contributed by atoms with van der Waals surface area (Å²) in [7, 11) is 2.53. The van der Waals surface area contributed by atoms with Crippen molar-refractivity contribution in [3.63, 3.8) is 0 Å². The Labute approximate surface area is 70.8 Å². The van der Waals surface area contributed by atoms with Crippen molar-refractivity contribution in [3.05, 3.63) is 0 Å². The molecule has 0 amide bonds. The lowest BCUT2D eigenvalue weighted by atomic mass is 9.53. The van der Waals surface area contributed by atoms with Crippen LogP contribution in [0.3, 0.4) is 0 Å². The Kier molecular flexibility index (Phi) is 4.50. The molecule has 0 saturated heterocycles. The molecule has 11 heavy (non-hydrogen) atoms. The Hall–Kier alpha value is -0.240. The highest BCUT2D eigenvalue weighted by Crippen LogP contribution is 2.09. The summed E-state index contributed by atoms with van der Waals surface area (Å²) in [5, 5.41) is 3.13. The van der Waals surface area contributed by atoms with E-state index in [9.17, 15) is 4.79 Å². The number of nitrogens with one attached hydrogen (secondary N) is 1. The van der Waals surface area contributed by atoms with Crippen LogP contribution in [0.2, 0.25) is 0 Å². The maximum atomic E-state index is 10.8. The van der Waals surface area contributed by atoms with E-state index in [0.717, 1.165) is 6.54 Å². The maximum Gasteiger partial charge on any atom is 0.167 e. The van der Waals surface area contributed by atoms with E-state index in [1.165, 1.54) is 0 Å². The molecule has 0 rings (SSSR count). The highest BCUT2D eigenvalue weighted by Gasteiger charge is 2.09. The summed E-state index contributed by atoms with van der Waals surface area (Å²) in [5.41, 5.74) is 0.558. The fraction of sp³-hybridized carbons (Fsp3) is 0.857. The Morgan fingerprint density at radius 2 is 2.09 bits per heavy atom. The molecule has 0 saturated carbocycles. The summed E-state index contributed by atoms with van der Waals surface area (Å²) >= 11 is 0. The molecule has 0 aromatic heterocycles. The van der Waals surface area contributed by atoms with Gasteiger partial charge in [0, 0.05) is 13.1 Å². The lowest BCUT2D eigenvalue weighted by Crippen LogP contribution is -2.33. The van der Waals surface area contributed by atoms with Crippen LogP contribution in [0.5, 0.6) is 0 Å². The van der Waals surface area contributed by atoms with Crippen LogP contribution in [0.4, 0.5) is 0 Å². The van der Waals surface area contributed by atoms with E-state index in [0.29, 0.717) is 13.7 Å². The zero-order valence-electron chi connectivity index (χ0n) is 8.03. The molecular weight excluding hydrogens is 136 g/mol. The van der Waals surface area contributed by atoms with Gasteiger partial charge in [0.1, 0.15) is 0 Å². The predicted octanol–water partition coefficient (Wildman–Crippen LogP) is -0.867. The molecular formula is C7H17B2NO. The summed E-state index contributed by atoms with van der Waals surface area (Å²) in [6.45, 7) is 7.87. The number of hydrogen-bond donors (Lipinski definition) is 1. The zero-order valence-corrected chi connectivity index (χ0v) is 8.03. The number of carbonyl (C=O) groups is 1. The summed E-state index contributed by atoms with van der Waals surface area (Å²) in [4.78, 5) is 10.8. The van der Waals surface area contributed by atoms with Crippen molar-refractivity contribution in [3.8, 4) is 0 Å². The summed E-state index contributed by atoms with van der Waals surface area (Å²) in [5.74, 6) is 0. The van der Waals surface area contributed by atoms with Gasteiger partial charge in [-0.2, -0.15) is 0 Å². The molecule has 0 bridgehead atoms. The van der Waals surface area contributed by atoms with Gasteiger partial charge in [0.2, 0.25) is 0 Å². The SMILES string of the molecule is BBC(=O)CNCC(C)(C)C. The summed E-state index contributed by atoms with van der Waals surface area (Å²) < 4.78 is 0. The van der Waals surface area contributed by atoms with E-state index in [1.807, 2.05) is 7.74 Å². The molecule has 0 aliphatic rings. The lowest BCUT2D eigenvalue weighted by Gasteiger charge is -2.18. The number of rotatable bonds is 4. The second-order valence-corrected chi connectivity index (χ2v) is 4.06. The standard InChI is InChI=1S/C7H17B2NO/c1-7(2,3)5-10-4-6(11)9-8/h9-10H,4-5,8H2,1-3H3. The largest absolute Gasteiger partial charge is 0.311 e. The van der Waals surface area contributed by atoms with Gasteiger partial charge in [0.25, 0.3) is 0 Å². The van der Waals surface area contributed by atoms with Gasteiger partial charge >= 0.3 is 0 Å². The smallest absolute Gasteiger partial charge is 0.167 e. The van der Waals surface area contributed by atoms with Crippen LogP contribution in [0.15, 0.2) is 0 Å². The van der Waals surface area contributed by atoms with Crippen molar-refractivity contribution in [1.29, 1.82) is 0 Å². The minimum absolute atomic E-state index is 0.272. The first-order valence-electron chi connectivity index (χ1n) is 4.18. The van der Waals surface area contributed by atoms with Crippen LogP contribution in [0, 0.1) is 5.41 Å². The predicted molar refractivity (Wildman–Crippen MR) is 53.0 cm³/mol. The average molecular weight is 153 g/mol. The molecule has 62 valence electrons. The van der Waals surface area contributed by atoms with Crippen molar-refractivity contribution in [2.75, 3.05) is 13.1 Å². The van der Waals surface area contributed by atoms with Crippen molar-refractivity contribution >= 4 is 20.6 Å².